The molecule has 0 fully saturated rings. The van der Waals surface area contributed by atoms with Crippen molar-refractivity contribution in [2.24, 2.45) is 0 Å². The predicted octanol–water partition coefficient (Wildman–Crippen LogP) is 4.02. The first-order valence-electron chi connectivity index (χ1n) is 9.70. The Morgan fingerprint density at radius 1 is 1.00 bits per heavy atom. The Morgan fingerprint density at radius 2 is 1.69 bits per heavy atom. The minimum atomic E-state index is -0.661. The van der Waals surface area contributed by atoms with Crippen molar-refractivity contribution >= 4 is 0 Å². The molecule has 2 aromatic rings. The molecule has 0 heterocycles. The summed E-state index contributed by atoms with van der Waals surface area (Å²) in [7, 11) is 3.21. The molecule has 1 atom stereocenters. The smallest absolute Gasteiger partial charge is 0.165 e. The van der Waals surface area contributed by atoms with Crippen molar-refractivity contribution in [2.45, 2.75) is 45.6 Å². The van der Waals surface area contributed by atoms with Gasteiger partial charge in [-0.1, -0.05) is 24.3 Å². The lowest BCUT2D eigenvalue weighted by Gasteiger charge is -2.28. The SMILES string of the molecule is COc1cccc(CN(Cc2ccc(F)cc2)C[C@H](O)COC(C)(C)C)c1OC. The Hall–Kier alpha value is -2.15. The van der Waals surface area contributed by atoms with E-state index in [2.05, 4.69) is 4.90 Å². The summed E-state index contributed by atoms with van der Waals surface area (Å²) in [6.45, 7) is 7.58. The van der Waals surface area contributed by atoms with Crippen LogP contribution in [0.1, 0.15) is 31.9 Å². The molecule has 6 heteroatoms. The van der Waals surface area contributed by atoms with Gasteiger partial charge in [0, 0.05) is 25.2 Å². The van der Waals surface area contributed by atoms with Crippen LogP contribution in [0, 0.1) is 5.82 Å². The summed E-state index contributed by atoms with van der Waals surface area (Å²) in [5, 5.41) is 10.5. The van der Waals surface area contributed by atoms with Gasteiger partial charge in [0.05, 0.1) is 32.5 Å². The minimum Gasteiger partial charge on any atom is -0.493 e. The lowest BCUT2D eigenvalue weighted by Crippen LogP contribution is -2.36. The summed E-state index contributed by atoms with van der Waals surface area (Å²) in [5.74, 6) is 1.05. The van der Waals surface area contributed by atoms with Crippen LogP contribution in [0.2, 0.25) is 0 Å². The molecule has 0 radical (unpaired) electrons. The number of para-hydroxylation sites is 1. The number of aliphatic hydroxyl groups excluding tert-OH is 1. The Kier molecular flexibility index (Phi) is 8.44. The highest BCUT2D eigenvalue weighted by Crippen LogP contribution is 2.31. The van der Waals surface area contributed by atoms with Crippen molar-refractivity contribution in [3.63, 3.8) is 0 Å². The average Bonchev–Trinajstić information content (AvgIpc) is 2.67. The van der Waals surface area contributed by atoms with Crippen LogP contribution in [0.15, 0.2) is 42.5 Å². The van der Waals surface area contributed by atoms with E-state index in [0.717, 1.165) is 11.1 Å². The molecule has 0 saturated carbocycles. The van der Waals surface area contributed by atoms with Crippen LogP contribution in [0.5, 0.6) is 11.5 Å². The molecule has 0 bridgehead atoms. The van der Waals surface area contributed by atoms with E-state index in [1.54, 1.807) is 26.4 Å². The lowest BCUT2D eigenvalue weighted by atomic mass is 10.1. The number of rotatable bonds is 10. The first-order chi connectivity index (χ1) is 13.7. The summed E-state index contributed by atoms with van der Waals surface area (Å²) in [4.78, 5) is 2.08. The molecule has 0 amide bonds. The van der Waals surface area contributed by atoms with E-state index in [0.29, 0.717) is 31.1 Å². The van der Waals surface area contributed by atoms with Crippen molar-refractivity contribution in [1.29, 1.82) is 0 Å². The molecule has 29 heavy (non-hydrogen) atoms. The summed E-state index contributed by atoms with van der Waals surface area (Å²) >= 11 is 0. The summed E-state index contributed by atoms with van der Waals surface area (Å²) < 4.78 is 29.9. The number of benzene rings is 2. The number of nitrogens with zero attached hydrogens (tertiary/aromatic N) is 1. The van der Waals surface area contributed by atoms with Crippen LogP contribution in [0.25, 0.3) is 0 Å². The highest BCUT2D eigenvalue weighted by atomic mass is 19.1. The topological polar surface area (TPSA) is 51.2 Å². The second-order valence-electron chi connectivity index (χ2n) is 8.03. The molecule has 5 nitrogen and oxygen atoms in total. The molecule has 0 unspecified atom stereocenters. The van der Waals surface area contributed by atoms with E-state index in [9.17, 15) is 9.50 Å². The monoisotopic (exact) mass is 405 g/mol. The maximum Gasteiger partial charge on any atom is 0.165 e. The van der Waals surface area contributed by atoms with Gasteiger partial charge in [0.25, 0.3) is 0 Å². The largest absolute Gasteiger partial charge is 0.493 e. The molecule has 0 spiro atoms. The quantitative estimate of drug-likeness (QED) is 0.647. The zero-order valence-electron chi connectivity index (χ0n) is 17.9. The van der Waals surface area contributed by atoms with Crippen molar-refractivity contribution in [3.05, 3.63) is 59.4 Å². The normalized spacial score (nSPS) is 12.8. The Labute approximate surface area is 173 Å². The first-order valence-corrected chi connectivity index (χ1v) is 9.70. The molecule has 0 aliphatic heterocycles. The molecule has 1 N–H and O–H groups in total. The van der Waals surface area contributed by atoms with E-state index >= 15 is 0 Å². The molecule has 160 valence electrons. The molecule has 0 aromatic heterocycles. The molecule has 2 aromatic carbocycles. The maximum atomic E-state index is 13.3. The molecular formula is C23H32FNO4. The van der Waals surface area contributed by atoms with Crippen molar-refractivity contribution in [3.8, 4) is 11.5 Å². The molecule has 0 aliphatic carbocycles. The van der Waals surface area contributed by atoms with Crippen molar-refractivity contribution in [1.82, 2.24) is 4.90 Å². The van der Waals surface area contributed by atoms with Gasteiger partial charge in [0.1, 0.15) is 5.82 Å². The molecule has 0 aliphatic rings. The minimum absolute atomic E-state index is 0.235. The van der Waals surface area contributed by atoms with Crippen LogP contribution in [-0.4, -0.2) is 49.1 Å². The van der Waals surface area contributed by atoms with E-state index < -0.39 is 6.10 Å². The van der Waals surface area contributed by atoms with Gasteiger partial charge in [0.15, 0.2) is 11.5 Å². The van der Waals surface area contributed by atoms with Crippen LogP contribution in [0.4, 0.5) is 4.39 Å². The van der Waals surface area contributed by atoms with E-state index in [1.807, 2.05) is 39.0 Å². The van der Waals surface area contributed by atoms with Crippen LogP contribution < -0.4 is 9.47 Å². The fourth-order valence-electron chi connectivity index (χ4n) is 3.05. The van der Waals surface area contributed by atoms with E-state index in [4.69, 9.17) is 14.2 Å². The Balaban J connectivity index is 2.19. The number of aliphatic hydroxyl groups is 1. The lowest BCUT2D eigenvalue weighted by molar-refractivity contribution is -0.0573. The van der Waals surface area contributed by atoms with E-state index in [-0.39, 0.29) is 18.0 Å². The fraction of sp³-hybridized carbons (Fsp3) is 0.478. The standard InChI is InChI=1S/C23H32FNO4/c1-23(2,3)29-16-20(26)15-25(13-17-9-11-19(24)12-10-17)14-18-7-6-8-21(27-4)22(18)28-5/h6-12,20,26H,13-16H2,1-5H3/t20-/m0/s1. The Bertz CT molecular complexity index is 758. The number of methoxy groups -OCH3 is 2. The summed E-state index contributed by atoms with van der Waals surface area (Å²) in [6, 6.07) is 12.1. The molecular weight excluding hydrogens is 373 g/mol. The van der Waals surface area contributed by atoms with Crippen LogP contribution in [0.3, 0.4) is 0 Å². The maximum absolute atomic E-state index is 13.3. The highest BCUT2D eigenvalue weighted by Gasteiger charge is 2.19. The zero-order valence-corrected chi connectivity index (χ0v) is 17.9. The van der Waals surface area contributed by atoms with Gasteiger partial charge in [0.2, 0.25) is 0 Å². The van der Waals surface area contributed by atoms with Gasteiger partial charge in [-0.25, -0.2) is 4.39 Å². The van der Waals surface area contributed by atoms with Crippen molar-refractivity contribution < 1.29 is 23.7 Å². The number of ether oxygens (including phenoxy) is 3. The summed E-state index contributed by atoms with van der Waals surface area (Å²) in [5.41, 5.74) is 1.58. The third-order valence-electron chi connectivity index (χ3n) is 4.38. The Morgan fingerprint density at radius 3 is 2.28 bits per heavy atom. The molecule has 2 rings (SSSR count). The third kappa shape index (κ3) is 7.65. The highest BCUT2D eigenvalue weighted by molar-refractivity contribution is 5.46. The second kappa shape index (κ2) is 10.6. The van der Waals surface area contributed by atoms with Gasteiger partial charge < -0.3 is 19.3 Å². The van der Waals surface area contributed by atoms with Gasteiger partial charge in [-0.2, -0.15) is 0 Å². The number of hydrogen-bond acceptors (Lipinski definition) is 5. The summed E-state index contributed by atoms with van der Waals surface area (Å²) in [6.07, 6.45) is -0.661. The fourth-order valence-corrected chi connectivity index (χ4v) is 3.05. The third-order valence-corrected chi connectivity index (χ3v) is 4.38. The number of halogens is 1. The predicted molar refractivity (Wildman–Crippen MR) is 112 cm³/mol. The van der Waals surface area contributed by atoms with Gasteiger partial charge in [-0.15, -0.1) is 0 Å². The first kappa shape index (κ1) is 23.1. The van der Waals surface area contributed by atoms with Gasteiger partial charge >= 0.3 is 0 Å². The van der Waals surface area contributed by atoms with E-state index in [1.165, 1.54) is 12.1 Å². The molecule has 0 saturated heterocycles. The average molecular weight is 406 g/mol. The van der Waals surface area contributed by atoms with Gasteiger partial charge in [-0.3, -0.25) is 4.90 Å². The van der Waals surface area contributed by atoms with Crippen molar-refractivity contribution in [2.75, 3.05) is 27.4 Å². The second-order valence-corrected chi connectivity index (χ2v) is 8.03. The number of hydrogen-bond donors (Lipinski definition) is 1. The zero-order chi connectivity index (χ0) is 21.4. The van der Waals surface area contributed by atoms with Gasteiger partial charge in [-0.05, 0) is 44.5 Å². The van der Waals surface area contributed by atoms with Crippen LogP contribution >= 0.6 is 0 Å². The van der Waals surface area contributed by atoms with Crippen LogP contribution in [-0.2, 0) is 17.8 Å².